The lowest BCUT2D eigenvalue weighted by molar-refractivity contribution is -0.123. The van der Waals surface area contributed by atoms with Crippen molar-refractivity contribution in [1.29, 1.82) is 0 Å². The Balaban J connectivity index is 2.12. The number of barbiturate groups is 1. The molecule has 1 fully saturated rings. The highest BCUT2D eigenvalue weighted by Crippen LogP contribution is 2.31. The number of nitrogens with one attached hydrogen (secondary N) is 2. The average Bonchev–Trinajstić information content (AvgIpc) is 2.84. The molecule has 2 N–H and O–H groups in total. The first-order valence-electron chi connectivity index (χ1n) is 7.73. The van der Waals surface area contributed by atoms with Gasteiger partial charge in [-0.05, 0) is 49.8 Å². The Labute approximate surface area is 154 Å². The Kier molecular flexibility index (Phi) is 4.56. The van der Waals surface area contributed by atoms with Gasteiger partial charge in [0.25, 0.3) is 11.8 Å². The molecule has 2 aromatic rings. The quantitative estimate of drug-likeness (QED) is 0.639. The van der Waals surface area contributed by atoms with Crippen LogP contribution < -0.4 is 15.4 Å². The van der Waals surface area contributed by atoms with Gasteiger partial charge in [0.05, 0.1) is 12.8 Å². The van der Waals surface area contributed by atoms with Gasteiger partial charge in [0.15, 0.2) is 0 Å². The predicted molar refractivity (Wildman–Crippen MR) is 96.5 cm³/mol. The number of imide groups is 2. The van der Waals surface area contributed by atoms with Crippen LogP contribution in [-0.4, -0.2) is 29.5 Å². The van der Waals surface area contributed by atoms with E-state index < -0.39 is 17.8 Å². The average molecular weight is 374 g/mol. The Bertz CT molecular complexity index is 953. The molecule has 3 rings (SSSR count). The Morgan fingerprint density at radius 3 is 2.35 bits per heavy atom. The largest absolute Gasteiger partial charge is 0.495 e. The third-order valence-corrected chi connectivity index (χ3v) is 4.33. The topological polar surface area (TPSA) is 89.4 Å². The van der Waals surface area contributed by atoms with E-state index in [0.29, 0.717) is 16.3 Å². The fourth-order valence-electron chi connectivity index (χ4n) is 2.90. The van der Waals surface area contributed by atoms with Crippen LogP contribution in [0.25, 0.3) is 11.8 Å². The highest BCUT2D eigenvalue weighted by molar-refractivity contribution is 6.31. The van der Waals surface area contributed by atoms with Crippen LogP contribution in [-0.2, 0) is 9.59 Å². The summed E-state index contributed by atoms with van der Waals surface area (Å²) in [4.78, 5) is 35.0. The zero-order valence-electron chi connectivity index (χ0n) is 14.3. The Morgan fingerprint density at radius 2 is 1.73 bits per heavy atom. The summed E-state index contributed by atoms with van der Waals surface area (Å²) < 4.78 is 7.33. The maximum absolute atomic E-state index is 11.9. The standard InChI is InChI=1S/C18H16ClN3O4/c1-9-6-11(7-13-16(23)20-18(25)21-17(13)24)10(2)22(9)14-8-12(19)4-5-15(14)26-3/h4-8H,1-3H3,(H2,20,21,23,24,25). The van der Waals surface area contributed by atoms with Gasteiger partial charge in [-0.25, -0.2) is 4.79 Å². The van der Waals surface area contributed by atoms with Gasteiger partial charge in [-0.3, -0.25) is 20.2 Å². The van der Waals surface area contributed by atoms with Crippen molar-refractivity contribution in [1.82, 2.24) is 15.2 Å². The fraction of sp³-hybridized carbons (Fsp3) is 0.167. The van der Waals surface area contributed by atoms with Crippen molar-refractivity contribution in [2.75, 3.05) is 7.11 Å². The molecule has 0 aliphatic carbocycles. The van der Waals surface area contributed by atoms with E-state index in [1.807, 2.05) is 24.5 Å². The lowest BCUT2D eigenvalue weighted by Gasteiger charge is -2.15. The summed E-state index contributed by atoms with van der Waals surface area (Å²) in [6.07, 6.45) is 1.45. The number of hydrogen-bond donors (Lipinski definition) is 2. The number of carbonyl (C=O) groups is 3. The summed E-state index contributed by atoms with van der Waals surface area (Å²) >= 11 is 6.12. The number of ether oxygens (including phenoxy) is 1. The fourth-order valence-corrected chi connectivity index (χ4v) is 3.07. The zero-order chi connectivity index (χ0) is 19.0. The highest BCUT2D eigenvalue weighted by Gasteiger charge is 2.28. The van der Waals surface area contributed by atoms with Crippen LogP contribution in [0.2, 0.25) is 5.02 Å². The van der Waals surface area contributed by atoms with E-state index in [2.05, 4.69) is 10.6 Å². The number of urea groups is 1. The number of rotatable bonds is 3. The maximum atomic E-state index is 11.9. The first-order chi connectivity index (χ1) is 12.3. The molecular formula is C18H16ClN3O4. The third kappa shape index (κ3) is 3.09. The third-order valence-electron chi connectivity index (χ3n) is 4.10. The predicted octanol–water partition coefficient (Wildman–Crippen LogP) is 2.51. The van der Waals surface area contributed by atoms with E-state index in [-0.39, 0.29) is 5.57 Å². The van der Waals surface area contributed by atoms with Crippen molar-refractivity contribution in [3.8, 4) is 11.4 Å². The van der Waals surface area contributed by atoms with Crippen molar-refractivity contribution in [2.45, 2.75) is 13.8 Å². The van der Waals surface area contributed by atoms with Gasteiger partial charge in [-0.2, -0.15) is 0 Å². The van der Waals surface area contributed by atoms with Gasteiger partial charge in [0.1, 0.15) is 11.3 Å². The molecule has 0 bridgehead atoms. The maximum Gasteiger partial charge on any atom is 0.328 e. The van der Waals surface area contributed by atoms with E-state index in [4.69, 9.17) is 16.3 Å². The monoisotopic (exact) mass is 373 g/mol. The van der Waals surface area contributed by atoms with E-state index in [9.17, 15) is 14.4 Å². The summed E-state index contributed by atoms with van der Waals surface area (Å²) in [6.45, 7) is 3.74. The molecular weight excluding hydrogens is 358 g/mol. The molecule has 1 aromatic carbocycles. The molecule has 0 saturated carbocycles. The SMILES string of the molecule is COc1ccc(Cl)cc1-n1c(C)cc(C=C2C(=O)NC(=O)NC2=O)c1C. The molecule has 7 nitrogen and oxygen atoms in total. The van der Waals surface area contributed by atoms with Crippen LogP contribution in [0, 0.1) is 13.8 Å². The second-order valence-corrected chi connectivity index (χ2v) is 6.21. The van der Waals surface area contributed by atoms with E-state index in [1.165, 1.54) is 6.08 Å². The molecule has 1 aromatic heterocycles. The molecule has 0 atom stereocenters. The molecule has 0 spiro atoms. The Morgan fingerprint density at radius 1 is 1.08 bits per heavy atom. The molecule has 26 heavy (non-hydrogen) atoms. The van der Waals surface area contributed by atoms with Crippen LogP contribution in [0.5, 0.6) is 5.75 Å². The Hall–Kier alpha value is -3.06. The first kappa shape index (κ1) is 17.8. The number of carbonyl (C=O) groups excluding carboxylic acids is 3. The van der Waals surface area contributed by atoms with Gasteiger partial charge in [-0.1, -0.05) is 11.6 Å². The molecule has 134 valence electrons. The first-order valence-corrected chi connectivity index (χ1v) is 8.11. The van der Waals surface area contributed by atoms with Gasteiger partial charge in [0, 0.05) is 16.4 Å². The highest BCUT2D eigenvalue weighted by atomic mass is 35.5. The molecule has 1 aliphatic heterocycles. The summed E-state index contributed by atoms with van der Waals surface area (Å²) in [6, 6.07) is 6.28. The van der Waals surface area contributed by atoms with E-state index >= 15 is 0 Å². The molecule has 8 heteroatoms. The second-order valence-electron chi connectivity index (χ2n) is 5.77. The van der Waals surface area contributed by atoms with Gasteiger partial charge >= 0.3 is 6.03 Å². The number of aromatic nitrogens is 1. The summed E-state index contributed by atoms with van der Waals surface area (Å²) in [5.41, 5.74) is 2.92. The van der Waals surface area contributed by atoms with Gasteiger partial charge < -0.3 is 9.30 Å². The normalized spacial score (nSPS) is 14.2. The minimum absolute atomic E-state index is 0.136. The van der Waals surface area contributed by atoms with Crippen molar-refractivity contribution < 1.29 is 19.1 Å². The summed E-state index contributed by atoms with van der Waals surface area (Å²) in [7, 11) is 1.57. The summed E-state index contributed by atoms with van der Waals surface area (Å²) in [5, 5.41) is 4.67. The molecule has 4 amide bonds. The van der Waals surface area contributed by atoms with Crippen molar-refractivity contribution in [3.05, 3.63) is 51.8 Å². The summed E-state index contributed by atoms with van der Waals surface area (Å²) in [5.74, 6) is -0.832. The molecule has 1 saturated heterocycles. The number of hydrogen-bond acceptors (Lipinski definition) is 4. The van der Waals surface area contributed by atoms with Crippen molar-refractivity contribution in [3.63, 3.8) is 0 Å². The minimum atomic E-state index is -0.828. The van der Waals surface area contributed by atoms with Crippen LogP contribution >= 0.6 is 11.6 Å². The lowest BCUT2D eigenvalue weighted by atomic mass is 10.1. The van der Waals surface area contributed by atoms with Gasteiger partial charge in [0.2, 0.25) is 0 Å². The van der Waals surface area contributed by atoms with Crippen LogP contribution in [0.15, 0.2) is 29.8 Å². The van der Waals surface area contributed by atoms with E-state index in [1.54, 1.807) is 25.3 Å². The van der Waals surface area contributed by atoms with Crippen LogP contribution in [0.3, 0.4) is 0 Å². The molecule has 2 heterocycles. The number of methoxy groups -OCH3 is 1. The van der Waals surface area contributed by atoms with Crippen LogP contribution in [0.1, 0.15) is 17.0 Å². The number of nitrogens with zero attached hydrogens (tertiary/aromatic N) is 1. The van der Waals surface area contributed by atoms with Gasteiger partial charge in [-0.15, -0.1) is 0 Å². The number of amides is 4. The van der Waals surface area contributed by atoms with E-state index in [0.717, 1.165) is 17.1 Å². The smallest absolute Gasteiger partial charge is 0.328 e. The van der Waals surface area contributed by atoms with Crippen molar-refractivity contribution in [2.24, 2.45) is 0 Å². The lowest BCUT2D eigenvalue weighted by Crippen LogP contribution is -2.51. The number of halogens is 1. The zero-order valence-corrected chi connectivity index (χ0v) is 15.1. The molecule has 1 aliphatic rings. The number of aryl methyl sites for hydroxylation is 1. The number of benzene rings is 1. The molecule has 0 radical (unpaired) electrons. The minimum Gasteiger partial charge on any atom is -0.495 e. The van der Waals surface area contributed by atoms with Crippen molar-refractivity contribution >= 4 is 35.5 Å². The second kappa shape index (κ2) is 6.68. The molecule has 0 unspecified atom stereocenters. The van der Waals surface area contributed by atoms with Crippen LogP contribution in [0.4, 0.5) is 4.79 Å².